The van der Waals surface area contributed by atoms with Gasteiger partial charge >= 0.3 is 0 Å². The van der Waals surface area contributed by atoms with E-state index in [1.807, 2.05) is 36.1 Å². The van der Waals surface area contributed by atoms with E-state index in [-0.39, 0.29) is 11.9 Å². The largest absolute Gasteiger partial charge is 0.481 e. The first-order valence-corrected chi connectivity index (χ1v) is 7.74. The molecule has 2 rings (SSSR count). The first kappa shape index (κ1) is 15.3. The van der Waals surface area contributed by atoms with Crippen LogP contribution in [0.4, 0.5) is 0 Å². The van der Waals surface area contributed by atoms with Crippen LogP contribution in [-0.4, -0.2) is 42.1 Å². The molecule has 3 atom stereocenters. The maximum absolute atomic E-state index is 12.5. The van der Waals surface area contributed by atoms with Gasteiger partial charge in [-0.15, -0.1) is 0 Å². The summed E-state index contributed by atoms with van der Waals surface area (Å²) in [5.41, 5.74) is 0. The van der Waals surface area contributed by atoms with Crippen molar-refractivity contribution in [2.24, 2.45) is 0 Å². The molecule has 1 N–H and O–H groups in total. The molecule has 0 spiro atoms. The van der Waals surface area contributed by atoms with Gasteiger partial charge in [0.15, 0.2) is 6.10 Å². The molecule has 1 heterocycles. The molecule has 4 nitrogen and oxygen atoms in total. The topological polar surface area (TPSA) is 41.6 Å². The summed E-state index contributed by atoms with van der Waals surface area (Å²) in [7, 11) is 0. The molecule has 1 aromatic carbocycles. The van der Waals surface area contributed by atoms with E-state index in [2.05, 4.69) is 35.1 Å². The van der Waals surface area contributed by atoms with Crippen molar-refractivity contribution in [2.45, 2.75) is 39.0 Å². The van der Waals surface area contributed by atoms with Crippen LogP contribution in [-0.2, 0) is 4.79 Å². The fourth-order valence-electron chi connectivity index (χ4n) is 2.40. The molecule has 20 heavy (non-hydrogen) atoms. The molecule has 1 amide bonds. The minimum Gasteiger partial charge on any atom is -0.481 e. The third kappa shape index (κ3) is 3.52. The number of benzene rings is 1. The van der Waals surface area contributed by atoms with Crippen molar-refractivity contribution >= 4 is 21.8 Å². The van der Waals surface area contributed by atoms with Crippen LogP contribution in [0, 0.1) is 0 Å². The van der Waals surface area contributed by atoms with Crippen LogP contribution in [0.1, 0.15) is 20.8 Å². The summed E-state index contributed by atoms with van der Waals surface area (Å²) < 4.78 is 6.70. The van der Waals surface area contributed by atoms with Crippen molar-refractivity contribution in [3.63, 3.8) is 0 Å². The number of nitrogens with zero attached hydrogens (tertiary/aromatic N) is 1. The van der Waals surface area contributed by atoms with Crippen molar-refractivity contribution in [3.05, 3.63) is 28.7 Å². The lowest BCUT2D eigenvalue weighted by Gasteiger charge is -2.39. The lowest BCUT2D eigenvalue weighted by molar-refractivity contribution is -0.141. The minimum atomic E-state index is -0.475. The van der Waals surface area contributed by atoms with Crippen molar-refractivity contribution in [1.82, 2.24) is 10.2 Å². The van der Waals surface area contributed by atoms with Gasteiger partial charge in [0.2, 0.25) is 0 Å². The Hall–Kier alpha value is -1.07. The standard InChI is InChI=1S/C15H21BrN2O2/c1-10-11(2)18(8-7-17-10)15(19)12(3)20-14-6-4-5-13(16)9-14/h4-6,9-12,17H,7-8H2,1-3H3. The number of carbonyl (C=O) groups is 1. The molecule has 1 aliphatic heterocycles. The van der Waals surface area contributed by atoms with Gasteiger partial charge in [0, 0.05) is 29.6 Å². The van der Waals surface area contributed by atoms with E-state index in [0.717, 1.165) is 17.6 Å². The predicted molar refractivity (Wildman–Crippen MR) is 82.9 cm³/mol. The van der Waals surface area contributed by atoms with E-state index in [1.54, 1.807) is 0 Å². The van der Waals surface area contributed by atoms with Gasteiger partial charge in [-0.25, -0.2) is 0 Å². The molecule has 110 valence electrons. The van der Waals surface area contributed by atoms with Gasteiger partial charge in [-0.2, -0.15) is 0 Å². The smallest absolute Gasteiger partial charge is 0.263 e. The number of amides is 1. The lowest BCUT2D eigenvalue weighted by Crippen LogP contribution is -2.59. The number of piperazine rings is 1. The highest BCUT2D eigenvalue weighted by atomic mass is 79.9. The van der Waals surface area contributed by atoms with E-state index in [9.17, 15) is 4.79 Å². The fraction of sp³-hybridized carbons (Fsp3) is 0.533. The number of hydrogen-bond acceptors (Lipinski definition) is 3. The third-order valence-corrected chi connectivity index (χ3v) is 4.27. The predicted octanol–water partition coefficient (Wildman–Crippen LogP) is 2.43. The quantitative estimate of drug-likeness (QED) is 0.918. The molecule has 1 aromatic rings. The van der Waals surface area contributed by atoms with Crippen LogP contribution in [0.5, 0.6) is 5.75 Å². The Kier molecular flexibility index (Phi) is 5.05. The van der Waals surface area contributed by atoms with Gasteiger partial charge in [0.1, 0.15) is 5.75 Å². The molecular weight excluding hydrogens is 320 g/mol. The molecule has 3 unspecified atom stereocenters. The Morgan fingerprint density at radius 3 is 2.95 bits per heavy atom. The second-order valence-corrected chi connectivity index (χ2v) is 6.15. The van der Waals surface area contributed by atoms with E-state index in [1.165, 1.54) is 0 Å². The second kappa shape index (κ2) is 6.59. The Morgan fingerprint density at radius 2 is 2.25 bits per heavy atom. The van der Waals surface area contributed by atoms with Crippen molar-refractivity contribution in [3.8, 4) is 5.75 Å². The Bertz CT molecular complexity index is 481. The molecular formula is C15H21BrN2O2. The SMILES string of the molecule is CC(Oc1cccc(Br)c1)C(=O)N1CCNC(C)C1C. The van der Waals surface area contributed by atoms with Crippen LogP contribution in [0.25, 0.3) is 0 Å². The van der Waals surface area contributed by atoms with Gasteiger partial charge < -0.3 is 15.0 Å². The second-order valence-electron chi connectivity index (χ2n) is 5.23. The molecule has 0 aromatic heterocycles. The monoisotopic (exact) mass is 340 g/mol. The summed E-state index contributed by atoms with van der Waals surface area (Å²) in [6, 6.07) is 8.05. The average molecular weight is 341 g/mol. The Balaban J connectivity index is 2.01. The van der Waals surface area contributed by atoms with Crippen LogP contribution in [0.3, 0.4) is 0 Å². The zero-order valence-corrected chi connectivity index (χ0v) is 13.7. The summed E-state index contributed by atoms with van der Waals surface area (Å²) in [5.74, 6) is 0.752. The normalized spacial score (nSPS) is 24.3. The summed E-state index contributed by atoms with van der Waals surface area (Å²) in [5, 5.41) is 3.37. The first-order chi connectivity index (χ1) is 9.49. The Morgan fingerprint density at radius 1 is 1.50 bits per heavy atom. The molecule has 1 fully saturated rings. The van der Waals surface area contributed by atoms with E-state index >= 15 is 0 Å². The molecule has 1 saturated heterocycles. The number of hydrogen-bond donors (Lipinski definition) is 1. The summed E-state index contributed by atoms with van der Waals surface area (Å²) in [6.07, 6.45) is -0.475. The minimum absolute atomic E-state index is 0.0471. The highest BCUT2D eigenvalue weighted by molar-refractivity contribution is 9.10. The van der Waals surface area contributed by atoms with Gasteiger partial charge in [-0.05, 0) is 39.0 Å². The van der Waals surface area contributed by atoms with Crippen LogP contribution in [0.15, 0.2) is 28.7 Å². The first-order valence-electron chi connectivity index (χ1n) is 6.95. The lowest BCUT2D eigenvalue weighted by atomic mass is 10.1. The molecule has 0 saturated carbocycles. The highest BCUT2D eigenvalue weighted by Crippen LogP contribution is 2.20. The maximum Gasteiger partial charge on any atom is 0.263 e. The number of nitrogens with one attached hydrogen (secondary N) is 1. The Labute approximate surface area is 128 Å². The van der Waals surface area contributed by atoms with Crippen molar-refractivity contribution in [2.75, 3.05) is 13.1 Å². The molecule has 0 aliphatic carbocycles. The summed E-state index contributed by atoms with van der Waals surface area (Å²) >= 11 is 3.40. The molecule has 0 bridgehead atoms. The zero-order chi connectivity index (χ0) is 14.7. The van der Waals surface area contributed by atoms with Gasteiger partial charge in [-0.1, -0.05) is 22.0 Å². The van der Waals surface area contributed by atoms with Crippen LogP contribution < -0.4 is 10.1 Å². The van der Waals surface area contributed by atoms with Crippen LogP contribution in [0.2, 0.25) is 0 Å². The third-order valence-electron chi connectivity index (χ3n) is 3.77. The van der Waals surface area contributed by atoms with Gasteiger partial charge in [0.25, 0.3) is 5.91 Å². The van der Waals surface area contributed by atoms with Gasteiger partial charge in [0.05, 0.1) is 0 Å². The maximum atomic E-state index is 12.5. The molecule has 1 aliphatic rings. The summed E-state index contributed by atoms with van der Waals surface area (Å²) in [6.45, 7) is 7.55. The molecule has 0 radical (unpaired) electrons. The molecule has 5 heteroatoms. The van der Waals surface area contributed by atoms with E-state index < -0.39 is 6.10 Å². The van der Waals surface area contributed by atoms with Crippen LogP contribution >= 0.6 is 15.9 Å². The number of ether oxygens (including phenoxy) is 1. The van der Waals surface area contributed by atoms with E-state index in [0.29, 0.717) is 11.8 Å². The summed E-state index contributed by atoms with van der Waals surface area (Å²) in [4.78, 5) is 14.4. The van der Waals surface area contributed by atoms with Crippen molar-refractivity contribution in [1.29, 1.82) is 0 Å². The van der Waals surface area contributed by atoms with Gasteiger partial charge in [-0.3, -0.25) is 4.79 Å². The number of halogens is 1. The highest BCUT2D eigenvalue weighted by Gasteiger charge is 2.31. The van der Waals surface area contributed by atoms with E-state index in [4.69, 9.17) is 4.74 Å². The number of carbonyl (C=O) groups excluding carboxylic acids is 1. The fourth-order valence-corrected chi connectivity index (χ4v) is 2.77. The number of rotatable bonds is 3. The zero-order valence-electron chi connectivity index (χ0n) is 12.1. The average Bonchev–Trinajstić information content (AvgIpc) is 2.41. The van der Waals surface area contributed by atoms with Crippen molar-refractivity contribution < 1.29 is 9.53 Å².